The van der Waals surface area contributed by atoms with Crippen LogP contribution in [0, 0.1) is 0 Å². The van der Waals surface area contributed by atoms with Gasteiger partial charge in [0.1, 0.15) is 11.9 Å². The van der Waals surface area contributed by atoms with Crippen LogP contribution in [-0.4, -0.2) is 48.5 Å². The first kappa shape index (κ1) is 18.7. The fourth-order valence-electron chi connectivity index (χ4n) is 3.49. The second-order valence-electron chi connectivity index (χ2n) is 6.99. The van der Waals surface area contributed by atoms with Crippen molar-refractivity contribution in [1.29, 1.82) is 0 Å². The van der Waals surface area contributed by atoms with Gasteiger partial charge in [-0.05, 0) is 37.2 Å². The summed E-state index contributed by atoms with van der Waals surface area (Å²) in [6.45, 7) is 0.645. The van der Waals surface area contributed by atoms with Gasteiger partial charge in [0.05, 0.1) is 17.1 Å². The molecular weight excluding hydrogens is 399 g/mol. The van der Waals surface area contributed by atoms with Gasteiger partial charge < -0.3 is 10.4 Å². The van der Waals surface area contributed by atoms with Crippen molar-refractivity contribution in [3.05, 3.63) is 48.2 Å². The van der Waals surface area contributed by atoms with E-state index in [0.717, 1.165) is 18.3 Å². The largest absolute Gasteiger partial charge is 0.416 e. The zero-order chi connectivity index (χ0) is 20.9. The molecule has 8 nitrogen and oxygen atoms in total. The quantitative estimate of drug-likeness (QED) is 0.473. The molecule has 4 heterocycles. The Kier molecular flexibility index (Phi) is 4.29. The molecule has 0 radical (unpaired) electrons. The van der Waals surface area contributed by atoms with Crippen LogP contribution in [0.2, 0.25) is 0 Å². The second-order valence-corrected chi connectivity index (χ2v) is 6.99. The van der Waals surface area contributed by atoms with Gasteiger partial charge in [-0.3, -0.25) is 10.3 Å². The molecule has 0 bridgehead atoms. The van der Waals surface area contributed by atoms with Crippen LogP contribution in [0.15, 0.2) is 42.6 Å². The highest BCUT2D eigenvalue weighted by molar-refractivity contribution is 5.92. The third-order valence-electron chi connectivity index (χ3n) is 5.00. The molecule has 1 aromatic carbocycles. The number of benzene rings is 1. The highest BCUT2D eigenvalue weighted by Gasteiger charge is 2.31. The summed E-state index contributed by atoms with van der Waals surface area (Å²) in [5.74, 6) is 0.384. The van der Waals surface area contributed by atoms with Crippen LogP contribution in [0.25, 0.3) is 28.1 Å². The molecular formula is C19H16F3N7O. The van der Waals surface area contributed by atoms with Gasteiger partial charge in [-0.2, -0.15) is 17.7 Å². The number of nitrogens with one attached hydrogen (secondary N) is 2. The van der Waals surface area contributed by atoms with Crippen molar-refractivity contribution in [3.8, 4) is 11.5 Å². The summed E-state index contributed by atoms with van der Waals surface area (Å²) in [5.41, 5.74) is 0.251. The third-order valence-corrected chi connectivity index (χ3v) is 5.00. The zero-order valence-corrected chi connectivity index (χ0v) is 15.4. The normalized spacial score (nSPS) is 19.6. The van der Waals surface area contributed by atoms with Crippen LogP contribution in [0.3, 0.4) is 0 Å². The molecule has 1 fully saturated rings. The van der Waals surface area contributed by atoms with Gasteiger partial charge >= 0.3 is 6.18 Å². The van der Waals surface area contributed by atoms with E-state index < -0.39 is 18.0 Å². The molecule has 4 aromatic rings. The van der Waals surface area contributed by atoms with E-state index in [1.807, 2.05) is 18.2 Å². The van der Waals surface area contributed by atoms with Crippen LogP contribution < -0.4 is 10.6 Å². The molecule has 1 unspecified atom stereocenters. The number of hydrogen-bond donors (Lipinski definition) is 3. The monoisotopic (exact) mass is 415 g/mol. The Hall–Kier alpha value is -3.31. The number of fused-ring (bicyclic) bond motifs is 3. The number of halogens is 3. The number of aromatic nitrogens is 5. The zero-order valence-electron chi connectivity index (χ0n) is 15.4. The van der Waals surface area contributed by atoms with Crippen LogP contribution >= 0.6 is 0 Å². The molecule has 5 rings (SSSR count). The van der Waals surface area contributed by atoms with Crippen LogP contribution in [0.1, 0.15) is 12.0 Å². The molecule has 0 spiro atoms. The highest BCUT2D eigenvalue weighted by atomic mass is 19.4. The van der Waals surface area contributed by atoms with Crippen molar-refractivity contribution < 1.29 is 18.3 Å². The van der Waals surface area contributed by atoms with E-state index in [-0.39, 0.29) is 17.6 Å². The van der Waals surface area contributed by atoms with Gasteiger partial charge in [-0.25, -0.2) is 9.97 Å². The Bertz CT molecular complexity index is 1240. The van der Waals surface area contributed by atoms with Crippen LogP contribution in [0.5, 0.6) is 0 Å². The lowest BCUT2D eigenvalue weighted by molar-refractivity contribution is -0.137. The van der Waals surface area contributed by atoms with Crippen molar-refractivity contribution in [2.75, 3.05) is 11.9 Å². The number of aliphatic hydroxyl groups is 1. The first-order chi connectivity index (χ1) is 14.4. The van der Waals surface area contributed by atoms with Crippen molar-refractivity contribution in [1.82, 2.24) is 29.9 Å². The fourth-order valence-corrected chi connectivity index (χ4v) is 3.49. The van der Waals surface area contributed by atoms with Gasteiger partial charge in [0.25, 0.3) is 0 Å². The SMILES string of the molecule is OC1NCC[C@H]1Nc1nc2ccccc2c2nc(-c3cc(C(F)(F)F)ccn3)nn12. The summed E-state index contributed by atoms with van der Waals surface area (Å²) < 4.78 is 40.7. The fraction of sp³-hybridized carbons (Fsp3) is 0.263. The van der Waals surface area contributed by atoms with Gasteiger partial charge in [0.2, 0.25) is 11.8 Å². The number of para-hydroxylation sites is 1. The molecule has 30 heavy (non-hydrogen) atoms. The summed E-state index contributed by atoms with van der Waals surface area (Å²) in [7, 11) is 0. The Morgan fingerprint density at radius 1 is 1.17 bits per heavy atom. The Labute approximate surface area is 167 Å². The molecule has 1 saturated heterocycles. The maximum Gasteiger partial charge on any atom is 0.416 e. The molecule has 11 heteroatoms. The van der Waals surface area contributed by atoms with Gasteiger partial charge in [0.15, 0.2) is 5.65 Å². The first-order valence-corrected chi connectivity index (χ1v) is 9.27. The van der Waals surface area contributed by atoms with E-state index in [1.165, 1.54) is 4.52 Å². The summed E-state index contributed by atoms with van der Waals surface area (Å²) in [6, 6.07) is 8.79. The molecule has 3 aromatic heterocycles. The molecule has 2 atom stereocenters. The van der Waals surface area contributed by atoms with Crippen molar-refractivity contribution >= 4 is 22.5 Å². The number of alkyl halides is 3. The lowest BCUT2D eigenvalue weighted by Gasteiger charge is -2.17. The topological polar surface area (TPSA) is 100 Å². The van der Waals surface area contributed by atoms with Gasteiger partial charge in [0, 0.05) is 11.6 Å². The predicted octanol–water partition coefficient (Wildman–Crippen LogP) is 2.45. The van der Waals surface area contributed by atoms with Crippen molar-refractivity contribution in [3.63, 3.8) is 0 Å². The smallest absolute Gasteiger partial charge is 0.376 e. The number of rotatable bonds is 3. The minimum Gasteiger partial charge on any atom is -0.376 e. The van der Waals surface area contributed by atoms with Crippen molar-refractivity contribution in [2.24, 2.45) is 0 Å². The summed E-state index contributed by atoms with van der Waals surface area (Å²) in [5, 5.41) is 21.2. The van der Waals surface area contributed by atoms with Gasteiger partial charge in [-0.1, -0.05) is 12.1 Å². The highest BCUT2D eigenvalue weighted by Crippen LogP contribution is 2.31. The van der Waals surface area contributed by atoms with E-state index in [2.05, 4.69) is 30.7 Å². The molecule has 1 aliphatic heterocycles. The molecule has 0 saturated carbocycles. The number of aliphatic hydroxyl groups excluding tert-OH is 1. The Balaban J connectivity index is 1.67. The molecule has 3 N–H and O–H groups in total. The number of anilines is 1. The molecule has 1 aliphatic rings. The number of hydrogen-bond acceptors (Lipinski definition) is 7. The second kappa shape index (κ2) is 6.89. The van der Waals surface area contributed by atoms with Crippen molar-refractivity contribution in [2.45, 2.75) is 24.9 Å². The van der Waals surface area contributed by atoms with E-state index >= 15 is 0 Å². The molecule has 0 aliphatic carbocycles. The van der Waals surface area contributed by atoms with E-state index in [4.69, 9.17) is 0 Å². The molecule has 154 valence electrons. The minimum atomic E-state index is -4.50. The maximum atomic E-state index is 13.1. The summed E-state index contributed by atoms with van der Waals surface area (Å²) in [4.78, 5) is 13.0. The molecule has 0 amide bonds. The predicted molar refractivity (Wildman–Crippen MR) is 103 cm³/mol. The standard InChI is InChI=1S/C19H16F3N7O/c20-19(21,22)10-5-7-23-14(9-10)15-27-16-11-3-1-2-4-12(11)25-18(29(16)28-15)26-13-6-8-24-17(13)30/h1-5,7,9,13,17,24,30H,6,8H2,(H,25,26)/t13-,17?/m1/s1. The minimum absolute atomic E-state index is 0.00567. The maximum absolute atomic E-state index is 13.1. The average molecular weight is 415 g/mol. The van der Waals surface area contributed by atoms with Crippen LogP contribution in [0.4, 0.5) is 19.1 Å². The summed E-state index contributed by atoms with van der Waals surface area (Å²) >= 11 is 0. The third kappa shape index (κ3) is 3.21. The van der Waals surface area contributed by atoms with E-state index in [1.54, 1.807) is 6.07 Å². The number of nitrogens with zero attached hydrogens (tertiary/aromatic N) is 5. The lowest BCUT2D eigenvalue weighted by Crippen LogP contribution is -2.35. The summed E-state index contributed by atoms with van der Waals surface area (Å²) in [6.07, 6.45) is -3.49. The Morgan fingerprint density at radius 3 is 2.77 bits per heavy atom. The van der Waals surface area contributed by atoms with E-state index in [9.17, 15) is 18.3 Å². The van der Waals surface area contributed by atoms with Crippen LogP contribution in [-0.2, 0) is 6.18 Å². The lowest BCUT2D eigenvalue weighted by atomic mass is 10.2. The van der Waals surface area contributed by atoms with E-state index in [0.29, 0.717) is 35.5 Å². The first-order valence-electron chi connectivity index (χ1n) is 9.27. The number of pyridine rings is 1. The van der Waals surface area contributed by atoms with Gasteiger partial charge in [-0.15, -0.1) is 5.10 Å². The average Bonchev–Trinajstić information content (AvgIpc) is 3.35. The Morgan fingerprint density at radius 2 is 2.00 bits per heavy atom.